The van der Waals surface area contributed by atoms with Gasteiger partial charge in [0.15, 0.2) is 5.58 Å². The highest BCUT2D eigenvalue weighted by Gasteiger charge is 2.30. The molecule has 1 saturated heterocycles. The maximum Gasteiger partial charge on any atom is 0.323 e. The predicted molar refractivity (Wildman–Crippen MR) is 189 cm³/mol. The zero-order chi connectivity index (χ0) is 35.4. The van der Waals surface area contributed by atoms with Crippen molar-refractivity contribution in [3.8, 4) is 34.4 Å². The second-order valence-electron chi connectivity index (χ2n) is 12.0. The molecule has 0 saturated carbocycles. The molecule has 3 heterocycles. The van der Waals surface area contributed by atoms with E-state index in [1.807, 2.05) is 31.2 Å². The van der Waals surface area contributed by atoms with Gasteiger partial charge in [-0.05, 0) is 74.2 Å². The van der Waals surface area contributed by atoms with E-state index in [1.165, 1.54) is 7.11 Å². The molecule has 5 aromatic rings. The summed E-state index contributed by atoms with van der Waals surface area (Å²) in [6, 6.07) is 17.6. The highest BCUT2D eigenvalue weighted by molar-refractivity contribution is 6.36. The van der Waals surface area contributed by atoms with Crippen LogP contribution in [0.25, 0.3) is 33.7 Å². The molecule has 12 heteroatoms. The summed E-state index contributed by atoms with van der Waals surface area (Å²) in [6.07, 6.45) is 4.26. The fourth-order valence-electron chi connectivity index (χ4n) is 6.37. The number of halogens is 1. The minimum Gasteiger partial charge on any atom is -0.496 e. The normalized spacial score (nSPS) is 14.7. The van der Waals surface area contributed by atoms with Crippen molar-refractivity contribution in [2.24, 2.45) is 0 Å². The van der Waals surface area contributed by atoms with Gasteiger partial charge in [-0.25, -0.2) is 4.98 Å². The minimum atomic E-state index is -0.469. The maximum absolute atomic E-state index is 13.5. The average molecular weight is 694 g/mol. The summed E-state index contributed by atoms with van der Waals surface area (Å²) in [5.74, 6) is 0.114. The van der Waals surface area contributed by atoms with Crippen LogP contribution < -0.4 is 10.1 Å². The number of nitrogens with one attached hydrogen (secondary N) is 1. The predicted octanol–water partition coefficient (Wildman–Crippen LogP) is 7.06. The van der Waals surface area contributed by atoms with Crippen molar-refractivity contribution >= 4 is 40.3 Å². The Balaban J connectivity index is 1.24. The number of aliphatic hydroxyl groups is 1. The minimum absolute atomic E-state index is 0.142. The lowest BCUT2D eigenvalue weighted by molar-refractivity contribution is -0.151. The van der Waals surface area contributed by atoms with E-state index in [0.29, 0.717) is 63.3 Å². The number of likely N-dealkylation sites (tertiary alicyclic amines) is 1. The Labute approximate surface area is 294 Å². The van der Waals surface area contributed by atoms with E-state index in [1.54, 1.807) is 43.5 Å². The van der Waals surface area contributed by atoms with Crippen LogP contribution in [0.3, 0.4) is 0 Å². The fraction of sp³-hybridized carbons (Fsp3) is 0.289. The molecule has 3 aromatic carbocycles. The molecule has 1 fully saturated rings. The number of hydrogen-bond acceptors (Lipinski definition) is 10. The maximum atomic E-state index is 13.5. The van der Waals surface area contributed by atoms with Gasteiger partial charge in [-0.1, -0.05) is 42.3 Å². The van der Waals surface area contributed by atoms with Crippen molar-refractivity contribution in [1.82, 2.24) is 14.9 Å². The van der Waals surface area contributed by atoms with Crippen LogP contribution in [0.4, 0.5) is 5.69 Å². The topological polar surface area (TPSA) is 151 Å². The third kappa shape index (κ3) is 6.91. The van der Waals surface area contributed by atoms with Gasteiger partial charge in [0, 0.05) is 35.5 Å². The number of piperidine rings is 1. The van der Waals surface area contributed by atoms with Gasteiger partial charge in [0.25, 0.3) is 5.91 Å². The highest BCUT2D eigenvalue weighted by Crippen LogP contribution is 2.39. The lowest BCUT2D eigenvalue weighted by Gasteiger charge is -2.34. The van der Waals surface area contributed by atoms with E-state index in [9.17, 15) is 20.0 Å². The quantitative estimate of drug-likeness (QED) is 0.146. The standard InChI is InChI=1S/C38H36ClN5O6/c1-4-49-38(47)32-13-5-6-14-44(32)20-25-19-41-31(17-33(25)48-3)36(46)42-29-12-8-11-28(34(29)39)26-9-7-10-27(22(26)2)37-43-30-16-23(21-45)15-24(18-40)35(30)50-37/h7-12,15-17,19,32,45H,4-6,13-14,20-21H2,1-3H3,(H,42,46)/t32-/m0/s1. The highest BCUT2D eigenvalue weighted by atomic mass is 35.5. The van der Waals surface area contributed by atoms with Crippen LogP contribution >= 0.6 is 11.6 Å². The van der Waals surface area contributed by atoms with Crippen LogP contribution in [0.5, 0.6) is 5.75 Å². The number of rotatable bonds is 10. The molecule has 1 aliphatic rings. The molecule has 50 heavy (non-hydrogen) atoms. The Hall–Kier alpha value is -5.28. The number of fused-ring (bicyclic) bond motifs is 1. The Morgan fingerprint density at radius 3 is 2.68 bits per heavy atom. The summed E-state index contributed by atoms with van der Waals surface area (Å²) < 4.78 is 17.0. The first-order valence-corrected chi connectivity index (χ1v) is 16.7. The summed E-state index contributed by atoms with van der Waals surface area (Å²) in [7, 11) is 1.53. The Morgan fingerprint density at radius 2 is 1.92 bits per heavy atom. The van der Waals surface area contributed by atoms with Gasteiger partial charge in [-0.15, -0.1) is 0 Å². The molecule has 0 radical (unpaired) electrons. The van der Waals surface area contributed by atoms with Crippen LogP contribution in [0.2, 0.25) is 5.02 Å². The fourth-order valence-corrected chi connectivity index (χ4v) is 6.64. The number of benzene rings is 3. The number of carbonyl (C=O) groups is 2. The zero-order valence-corrected chi connectivity index (χ0v) is 28.7. The van der Waals surface area contributed by atoms with Gasteiger partial charge >= 0.3 is 5.97 Å². The van der Waals surface area contributed by atoms with Crippen LogP contribution in [-0.4, -0.2) is 58.2 Å². The number of aromatic nitrogens is 2. The summed E-state index contributed by atoms with van der Waals surface area (Å²) >= 11 is 6.93. The van der Waals surface area contributed by atoms with Gasteiger partial charge in [0.1, 0.15) is 29.1 Å². The van der Waals surface area contributed by atoms with E-state index in [0.717, 1.165) is 42.5 Å². The molecule has 0 aliphatic carbocycles. The Kier molecular flexibility index (Phi) is 10.4. The summed E-state index contributed by atoms with van der Waals surface area (Å²) in [5, 5.41) is 22.5. The second-order valence-corrected chi connectivity index (χ2v) is 12.4. The third-order valence-corrected chi connectivity index (χ3v) is 9.30. The lowest BCUT2D eigenvalue weighted by Crippen LogP contribution is -2.45. The zero-order valence-electron chi connectivity index (χ0n) is 28.0. The van der Waals surface area contributed by atoms with E-state index in [4.69, 9.17) is 25.5 Å². The van der Waals surface area contributed by atoms with Crippen LogP contribution in [-0.2, 0) is 22.7 Å². The van der Waals surface area contributed by atoms with Crippen molar-refractivity contribution in [1.29, 1.82) is 5.26 Å². The number of aliphatic hydroxyl groups excluding tert-OH is 1. The molecular weight excluding hydrogens is 658 g/mol. The Bertz CT molecular complexity index is 2120. The first-order chi connectivity index (χ1) is 24.3. The molecule has 2 aromatic heterocycles. The molecule has 0 bridgehead atoms. The number of nitrogens with zero attached hydrogens (tertiary/aromatic N) is 4. The van der Waals surface area contributed by atoms with Crippen molar-refractivity contribution in [2.75, 3.05) is 25.6 Å². The van der Waals surface area contributed by atoms with Crippen molar-refractivity contribution < 1.29 is 28.6 Å². The van der Waals surface area contributed by atoms with E-state index in [-0.39, 0.29) is 29.9 Å². The molecule has 1 amide bonds. The number of hydrogen-bond donors (Lipinski definition) is 2. The molecule has 1 atom stereocenters. The molecule has 1 aliphatic heterocycles. The molecule has 2 N–H and O–H groups in total. The molecule has 0 unspecified atom stereocenters. The van der Waals surface area contributed by atoms with Crippen molar-refractivity contribution in [3.63, 3.8) is 0 Å². The molecular formula is C38H36ClN5O6. The molecule has 6 rings (SSSR count). The monoisotopic (exact) mass is 693 g/mol. The summed E-state index contributed by atoms with van der Waals surface area (Å²) in [6.45, 7) is 5.00. The van der Waals surface area contributed by atoms with Gasteiger partial charge < -0.3 is 24.3 Å². The van der Waals surface area contributed by atoms with Gasteiger partial charge in [0.05, 0.1) is 36.6 Å². The first-order valence-electron chi connectivity index (χ1n) is 16.3. The van der Waals surface area contributed by atoms with Crippen LogP contribution in [0.15, 0.2) is 65.2 Å². The van der Waals surface area contributed by atoms with Crippen molar-refractivity contribution in [2.45, 2.75) is 52.3 Å². The third-order valence-electron chi connectivity index (χ3n) is 8.90. The SMILES string of the molecule is CCOC(=O)[C@@H]1CCCCN1Cc1cnc(C(=O)Nc2cccc(-c3cccc(-c4nc5cc(CO)cc(C#N)c5o4)c3C)c2Cl)cc1OC. The van der Waals surface area contributed by atoms with Gasteiger partial charge in [-0.2, -0.15) is 5.26 Å². The van der Waals surface area contributed by atoms with Gasteiger partial charge in [0.2, 0.25) is 5.89 Å². The summed E-state index contributed by atoms with van der Waals surface area (Å²) in [5.41, 5.74) is 5.97. The molecule has 0 spiro atoms. The van der Waals surface area contributed by atoms with Crippen LogP contribution in [0.1, 0.15) is 58.9 Å². The van der Waals surface area contributed by atoms with E-state index >= 15 is 0 Å². The first kappa shape index (κ1) is 34.6. The number of methoxy groups -OCH3 is 1. The number of esters is 1. The average Bonchev–Trinajstić information content (AvgIpc) is 3.57. The molecule has 256 valence electrons. The number of pyridine rings is 1. The van der Waals surface area contributed by atoms with Crippen LogP contribution in [0, 0.1) is 18.3 Å². The number of nitriles is 1. The number of carbonyl (C=O) groups excluding carboxylic acids is 2. The van der Waals surface area contributed by atoms with Gasteiger partial charge in [-0.3, -0.25) is 19.5 Å². The Morgan fingerprint density at radius 1 is 1.14 bits per heavy atom. The smallest absolute Gasteiger partial charge is 0.323 e. The second kappa shape index (κ2) is 15.1. The number of anilines is 1. The van der Waals surface area contributed by atoms with E-state index < -0.39 is 5.91 Å². The number of amides is 1. The largest absolute Gasteiger partial charge is 0.496 e. The van der Waals surface area contributed by atoms with Crippen molar-refractivity contribution in [3.05, 3.63) is 93.8 Å². The number of ether oxygens (including phenoxy) is 2. The summed E-state index contributed by atoms with van der Waals surface area (Å²) in [4.78, 5) is 37.2. The lowest BCUT2D eigenvalue weighted by atomic mass is 9.96. The van der Waals surface area contributed by atoms with E-state index in [2.05, 4.69) is 26.3 Å². The molecule has 11 nitrogen and oxygen atoms in total. The number of oxazole rings is 1.